The van der Waals surface area contributed by atoms with Crippen molar-refractivity contribution in [1.29, 1.82) is 0 Å². The molecule has 0 atom stereocenters. The van der Waals surface area contributed by atoms with E-state index in [4.69, 9.17) is 5.73 Å². The van der Waals surface area contributed by atoms with Crippen molar-refractivity contribution in [3.8, 4) is 5.75 Å². The number of halogens is 5. The number of rotatable bonds is 3. The van der Waals surface area contributed by atoms with Crippen LogP contribution in [-0.2, 0) is 12.7 Å². The number of hydrogen-bond donors (Lipinski definition) is 1. The molecule has 1 aromatic carbocycles. The van der Waals surface area contributed by atoms with Gasteiger partial charge in [0.2, 0.25) is 0 Å². The normalized spacial score (nSPS) is 11.9. The summed E-state index contributed by atoms with van der Waals surface area (Å²) in [4.78, 5) is 0. The first-order valence-corrected chi connectivity index (χ1v) is 4.19. The Labute approximate surface area is 87.8 Å². The van der Waals surface area contributed by atoms with E-state index in [0.29, 0.717) is 6.07 Å². The molecule has 0 aliphatic heterocycles. The smallest absolute Gasteiger partial charge is 0.419 e. The van der Waals surface area contributed by atoms with Crippen LogP contribution < -0.4 is 10.5 Å². The molecule has 16 heavy (non-hydrogen) atoms. The molecule has 0 spiro atoms. The van der Waals surface area contributed by atoms with Crippen molar-refractivity contribution in [3.05, 3.63) is 29.3 Å². The van der Waals surface area contributed by atoms with Crippen molar-refractivity contribution < 1.29 is 26.7 Å². The van der Waals surface area contributed by atoms with E-state index >= 15 is 0 Å². The molecule has 0 saturated carbocycles. The van der Waals surface area contributed by atoms with Crippen LogP contribution in [0.2, 0.25) is 0 Å². The first kappa shape index (κ1) is 12.7. The second-order valence-electron chi connectivity index (χ2n) is 2.91. The summed E-state index contributed by atoms with van der Waals surface area (Å²) in [6.07, 6.45) is -4.75. The second kappa shape index (κ2) is 4.65. The number of nitrogens with two attached hydrogens (primary N) is 1. The Balaban J connectivity index is 3.17. The number of alkyl halides is 5. The van der Waals surface area contributed by atoms with E-state index in [2.05, 4.69) is 4.74 Å². The maximum absolute atomic E-state index is 12.4. The quantitative estimate of drug-likeness (QED) is 0.826. The van der Waals surface area contributed by atoms with Crippen LogP contribution >= 0.6 is 0 Å². The molecular formula is C9H8F5NO. The maximum Gasteiger partial charge on any atom is 0.419 e. The van der Waals surface area contributed by atoms with Crippen LogP contribution in [0.25, 0.3) is 0 Å². The lowest BCUT2D eigenvalue weighted by Gasteiger charge is -2.14. The highest BCUT2D eigenvalue weighted by Gasteiger charge is 2.35. The minimum atomic E-state index is -4.75. The van der Waals surface area contributed by atoms with E-state index in [1.807, 2.05) is 0 Å². The fourth-order valence-electron chi connectivity index (χ4n) is 1.12. The van der Waals surface area contributed by atoms with Crippen molar-refractivity contribution >= 4 is 0 Å². The topological polar surface area (TPSA) is 35.2 Å². The molecule has 1 rings (SSSR count). The molecule has 0 unspecified atom stereocenters. The molecule has 2 N–H and O–H groups in total. The van der Waals surface area contributed by atoms with Gasteiger partial charge < -0.3 is 10.5 Å². The molecule has 1 aromatic rings. The van der Waals surface area contributed by atoms with Crippen LogP contribution in [-0.4, -0.2) is 6.61 Å². The van der Waals surface area contributed by atoms with Crippen LogP contribution in [0.5, 0.6) is 5.75 Å². The lowest BCUT2D eigenvalue weighted by atomic mass is 10.1. The first-order chi connectivity index (χ1) is 7.34. The Kier molecular flexibility index (Phi) is 3.69. The minimum Gasteiger partial charge on any atom is -0.434 e. The number of benzene rings is 1. The van der Waals surface area contributed by atoms with Gasteiger partial charge >= 0.3 is 12.8 Å². The Morgan fingerprint density at radius 1 is 1.25 bits per heavy atom. The van der Waals surface area contributed by atoms with E-state index < -0.39 is 24.1 Å². The molecule has 0 fully saturated rings. The highest BCUT2D eigenvalue weighted by molar-refractivity contribution is 5.39. The Bertz CT molecular complexity index is 363. The predicted molar refractivity (Wildman–Crippen MR) is 46.0 cm³/mol. The van der Waals surface area contributed by atoms with Crippen molar-refractivity contribution in [3.63, 3.8) is 0 Å². The standard InChI is InChI=1S/C9H8F5NO/c10-8(11)16-7-2-1-5(4-15)3-6(7)9(12,13)14/h1-3,8H,4,15H2. The largest absolute Gasteiger partial charge is 0.434 e. The summed E-state index contributed by atoms with van der Waals surface area (Å²) in [6, 6.07) is 2.72. The monoisotopic (exact) mass is 241 g/mol. The Morgan fingerprint density at radius 2 is 1.88 bits per heavy atom. The van der Waals surface area contributed by atoms with Crippen molar-refractivity contribution in [2.24, 2.45) is 5.73 Å². The molecule has 2 nitrogen and oxygen atoms in total. The van der Waals surface area contributed by atoms with Crippen molar-refractivity contribution in [1.82, 2.24) is 0 Å². The van der Waals surface area contributed by atoms with Gasteiger partial charge in [0.25, 0.3) is 0 Å². The third-order valence-corrected chi connectivity index (χ3v) is 1.80. The van der Waals surface area contributed by atoms with Gasteiger partial charge in [-0.05, 0) is 17.7 Å². The summed E-state index contributed by atoms with van der Waals surface area (Å²) in [7, 11) is 0. The van der Waals surface area contributed by atoms with Gasteiger partial charge in [-0.15, -0.1) is 0 Å². The summed E-state index contributed by atoms with van der Waals surface area (Å²) in [5, 5.41) is 0. The molecule has 7 heteroatoms. The number of ether oxygens (including phenoxy) is 1. The molecule has 90 valence electrons. The summed E-state index contributed by atoms with van der Waals surface area (Å²) in [5.74, 6) is -0.903. The third-order valence-electron chi connectivity index (χ3n) is 1.80. The van der Waals surface area contributed by atoms with Crippen LogP contribution in [0.1, 0.15) is 11.1 Å². The summed E-state index contributed by atoms with van der Waals surface area (Å²) < 4.78 is 64.8. The van der Waals surface area contributed by atoms with Crippen molar-refractivity contribution in [2.45, 2.75) is 19.3 Å². The lowest BCUT2D eigenvalue weighted by molar-refractivity contribution is -0.141. The minimum absolute atomic E-state index is 0.113. The Morgan fingerprint density at radius 3 is 2.31 bits per heavy atom. The highest BCUT2D eigenvalue weighted by atomic mass is 19.4. The van der Waals surface area contributed by atoms with E-state index in [9.17, 15) is 22.0 Å². The summed E-state index contributed by atoms with van der Waals surface area (Å²) >= 11 is 0. The fourth-order valence-corrected chi connectivity index (χ4v) is 1.12. The van der Waals surface area contributed by atoms with Crippen LogP contribution in [0.3, 0.4) is 0 Å². The van der Waals surface area contributed by atoms with Gasteiger partial charge in [0, 0.05) is 6.54 Å². The third kappa shape index (κ3) is 3.06. The van der Waals surface area contributed by atoms with Gasteiger partial charge in [0.15, 0.2) is 0 Å². The van der Waals surface area contributed by atoms with Gasteiger partial charge in [-0.3, -0.25) is 0 Å². The highest BCUT2D eigenvalue weighted by Crippen LogP contribution is 2.37. The SMILES string of the molecule is NCc1ccc(OC(F)F)c(C(F)(F)F)c1. The fraction of sp³-hybridized carbons (Fsp3) is 0.333. The zero-order valence-corrected chi connectivity index (χ0v) is 7.89. The van der Waals surface area contributed by atoms with E-state index in [1.54, 1.807) is 0 Å². The first-order valence-electron chi connectivity index (χ1n) is 4.19. The molecule has 0 saturated heterocycles. The molecule has 0 heterocycles. The lowest BCUT2D eigenvalue weighted by Crippen LogP contribution is -2.12. The van der Waals surface area contributed by atoms with Crippen LogP contribution in [0.15, 0.2) is 18.2 Å². The molecule has 0 amide bonds. The van der Waals surface area contributed by atoms with E-state index in [-0.39, 0.29) is 12.1 Å². The van der Waals surface area contributed by atoms with Gasteiger partial charge in [0.1, 0.15) is 5.75 Å². The maximum atomic E-state index is 12.4. The number of hydrogen-bond acceptors (Lipinski definition) is 2. The van der Waals surface area contributed by atoms with Gasteiger partial charge in [-0.25, -0.2) is 0 Å². The van der Waals surface area contributed by atoms with Crippen molar-refractivity contribution in [2.75, 3.05) is 0 Å². The average molecular weight is 241 g/mol. The zero-order valence-electron chi connectivity index (χ0n) is 7.89. The van der Waals surface area contributed by atoms with Crippen LogP contribution in [0.4, 0.5) is 22.0 Å². The van der Waals surface area contributed by atoms with Gasteiger partial charge in [-0.1, -0.05) is 6.07 Å². The predicted octanol–water partition coefficient (Wildman–Crippen LogP) is 2.77. The van der Waals surface area contributed by atoms with E-state index in [1.165, 1.54) is 6.07 Å². The van der Waals surface area contributed by atoms with Gasteiger partial charge in [0.05, 0.1) is 5.56 Å². The molecule has 0 bridgehead atoms. The van der Waals surface area contributed by atoms with Gasteiger partial charge in [-0.2, -0.15) is 22.0 Å². The molecular weight excluding hydrogens is 233 g/mol. The Hall–Kier alpha value is -1.37. The average Bonchev–Trinajstić information content (AvgIpc) is 2.15. The summed E-state index contributed by atoms with van der Waals surface area (Å²) in [5.41, 5.74) is 4.09. The zero-order chi connectivity index (χ0) is 12.3. The summed E-state index contributed by atoms with van der Waals surface area (Å²) in [6.45, 7) is -3.41. The van der Waals surface area contributed by atoms with E-state index in [0.717, 1.165) is 6.07 Å². The molecule has 0 aliphatic carbocycles. The second-order valence-corrected chi connectivity index (χ2v) is 2.91. The molecule has 0 aliphatic rings. The molecule has 0 aromatic heterocycles. The van der Waals surface area contributed by atoms with Crippen LogP contribution in [0, 0.1) is 0 Å². The molecule has 0 radical (unpaired) electrons.